The van der Waals surface area contributed by atoms with Crippen LogP contribution in [0, 0.1) is 6.92 Å². The monoisotopic (exact) mass is 406 g/mol. The summed E-state index contributed by atoms with van der Waals surface area (Å²) in [4.78, 5) is 31.7. The van der Waals surface area contributed by atoms with E-state index in [0.717, 1.165) is 5.56 Å². The second-order valence-corrected chi connectivity index (χ2v) is 6.92. The predicted molar refractivity (Wildman–Crippen MR) is 107 cm³/mol. The summed E-state index contributed by atoms with van der Waals surface area (Å²) in [5, 5.41) is 3.34. The number of amides is 1. The van der Waals surface area contributed by atoms with Crippen molar-refractivity contribution in [3.05, 3.63) is 50.9 Å². The van der Waals surface area contributed by atoms with Crippen molar-refractivity contribution in [3.63, 3.8) is 0 Å². The second kappa shape index (κ2) is 9.18. The first-order valence-electron chi connectivity index (χ1n) is 8.96. The van der Waals surface area contributed by atoms with Gasteiger partial charge >= 0.3 is 0 Å². The van der Waals surface area contributed by atoms with Crippen molar-refractivity contribution in [3.8, 4) is 0 Å². The number of hydrogen-bond donors (Lipinski definition) is 1. The lowest BCUT2D eigenvalue weighted by Crippen LogP contribution is -2.42. The fraction of sp³-hybridized carbons (Fsp3) is 0.421. The minimum atomic E-state index is -0.335. The van der Waals surface area contributed by atoms with Crippen LogP contribution in [0.15, 0.2) is 29.1 Å². The van der Waals surface area contributed by atoms with Crippen molar-refractivity contribution >= 4 is 29.1 Å². The molecule has 0 saturated carbocycles. The molecule has 0 aliphatic carbocycles. The van der Waals surface area contributed by atoms with E-state index in [0.29, 0.717) is 48.7 Å². The van der Waals surface area contributed by atoms with Crippen molar-refractivity contribution < 1.29 is 14.3 Å². The van der Waals surface area contributed by atoms with E-state index < -0.39 is 0 Å². The zero-order valence-corrected chi connectivity index (χ0v) is 16.7. The van der Waals surface area contributed by atoms with E-state index in [4.69, 9.17) is 21.1 Å². The van der Waals surface area contributed by atoms with E-state index in [1.165, 1.54) is 10.6 Å². The Hall–Kier alpha value is -2.42. The van der Waals surface area contributed by atoms with Crippen molar-refractivity contribution in [1.29, 1.82) is 0 Å². The maximum absolute atomic E-state index is 12.7. The minimum Gasteiger partial charge on any atom is -0.378 e. The van der Waals surface area contributed by atoms with E-state index in [1.807, 2.05) is 17.9 Å². The van der Waals surface area contributed by atoms with Crippen LogP contribution in [-0.2, 0) is 27.4 Å². The number of anilines is 2. The Morgan fingerprint density at radius 3 is 2.75 bits per heavy atom. The number of hydrogen-bond acceptors (Lipinski definition) is 6. The van der Waals surface area contributed by atoms with E-state index >= 15 is 0 Å². The third kappa shape index (κ3) is 4.89. The molecule has 1 aliphatic heterocycles. The first-order valence-corrected chi connectivity index (χ1v) is 9.34. The molecule has 0 bridgehead atoms. The van der Waals surface area contributed by atoms with Crippen LogP contribution < -0.4 is 15.8 Å². The lowest BCUT2D eigenvalue weighted by molar-refractivity contribution is -0.116. The molecular weight excluding hydrogens is 384 g/mol. The lowest BCUT2D eigenvalue weighted by atomic mass is 10.2. The minimum absolute atomic E-state index is 0.155. The molecule has 1 amide bonds. The molecular formula is C19H23ClN4O4. The Morgan fingerprint density at radius 1 is 1.32 bits per heavy atom. The topological polar surface area (TPSA) is 85.7 Å². The first-order chi connectivity index (χ1) is 13.5. The van der Waals surface area contributed by atoms with Gasteiger partial charge in [-0.3, -0.25) is 14.2 Å². The van der Waals surface area contributed by atoms with Crippen LogP contribution in [0.5, 0.6) is 0 Å². The number of benzene rings is 1. The molecule has 2 heterocycles. The molecule has 3 rings (SSSR count). The average molecular weight is 407 g/mol. The number of nitrogens with zero attached hydrogens (tertiary/aromatic N) is 3. The number of carbonyl (C=O) groups is 1. The number of carbonyl (C=O) groups excluding carboxylic acids is 1. The zero-order valence-electron chi connectivity index (χ0n) is 15.9. The molecule has 1 fully saturated rings. The Bertz CT molecular complexity index is 909. The van der Waals surface area contributed by atoms with Crippen LogP contribution in [0.3, 0.4) is 0 Å². The molecule has 28 heavy (non-hydrogen) atoms. The molecule has 0 atom stereocenters. The summed E-state index contributed by atoms with van der Waals surface area (Å²) in [6.07, 6.45) is 0. The summed E-state index contributed by atoms with van der Waals surface area (Å²) in [6, 6.07) is 6.67. The van der Waals surface area contributed by atoms with Gasteiger partial charge in [-0.05, 0) is 24.6 Å². The molecule has 8 nitrogen and oxygen atoms in total. The van der Waals surface area contributed by atoms with Gasteiger partial charge < -0.3 is 19.7 Å². The molecule has 0 unspecified atom stereocenters. The van der Waals surface area contributed by atoms with Gasteiger partial charge in [-0.2, -0.15) is 0 Å². The smallest absolute Gasteiger partial charge is 0.255 e. The highest BCUT2D eigenvalue weighted by atomic mass is 35.5. The fourth-order valence-corrected chi connectivity index (χ4v) is 3.11. The van der Waals surface area contributed by atoms with Crippen LogP contribution in [0.1, 0.15) is 11.3 Å². The average Bonchev–Trinajstić information content (AvgIpc) is 2.67. The van der Waals surface area contributed by atoms with E-state index in [9.17, 15) is 9.59 Å². The molecule has 1 aliphatic rings. The van der Waals surface area contributed by atoms with Crippen molar-refractivity contribution in [2.24, 2.45) is 0 Å². The Labute approximate surface area is 168 Å². The first kappa shape index (κ1) is 20.3. The number of aromatic nitrogens is 2. The molecule has 1 aromatic heterocycles. The van der Waals surface area contributed by atoms with E-state index in [1.54, 1.807) is 19.2 Å². The number of nitrogens with one attached hydrogen (secondary N) is 1. The summed E-state index contributed by atoms with van der Waals surface area (Å²) >= 11 is 6.11. The van der Waals surface area contributed by atoms with Gasteiger partial charge in [0.05, 0.1) is 25.5 Å². The Kier molecular flexibility index (Phi) is 6.66. The summed E-state index contributed by atoms with van der Waals surface area (Å²) < 4.78 is 11.8. The van der Waals surface area contributed by atoms with Gasteiger partial charge in [0.15, 0.2) is 0 Å². The highest BCUT2D eigenvalue weighted by molar-refractivity contribution is 6.31. The molecule has 1 aromatic carbocycles. The normalized spacial score (nSPS) is 14.2. The van der Waals surface area contributed by atoms with Gasteiger partial charge in [-0.1, -0.05) is 17.7 Å². The van der Waals surface area contributed by atoms with Crippen LogP contribution in [-0.4, -0.2) is 48.9 Å². The molecule has 150 valence electrons. The molecule has 0 radical (unpaired) electrons. The SMILES string of the molecule is COCc1cc(=O)n(CC(=O)Nc2ccc(C)c(Cl)c2)c(N2CCOCC2)n1. The number of rotatable bonds is 6. The van der Waals surface area contributed by atoms with E-state index in [2.05, 4.69) is 10.3 Å². The van der Waals surface area contributed by atoms with Crippen molar-refractivity contribution in [1.82, 2.24) is 9.55 Å². The third-order valence-corrected chi connectivity index (χ3v) is 4.79. The van der Waals surface area contributed by atoms with Gasteiger partial charge in [0.1, 0.15) is 6.54 Å². The summed E-state index contributed by atoms with van der Waals surface area (Å²) in [7, 11) is 1.54. The number of ether oxygens (including phenoxy) is 2. The lowest BCUT2D eigenvalue weighted by Gasteiger charge is -2.29. The van der Waals surface area contributed by atoms with E-state index in [-0.39, 0.29) is 24.6 Å². The molecule has 2 aromatic rings. The van der Waals surface area contributed by atoms with Gasteiger partial charge in [0.25, 0.3) is 5.56 Å². The molecule has 0 spiro atoms. The molecule has 1 saturated heterocycles. The third-order valence-electron chi connectivity index (χ3n) is 4.38. The van der Waals surface area contributed by atoms with Gasteiger partial charge in [0.2, 0.25) is 11.9 Å². The molecule has 1 N–H and O–H groups in total. The second-order valence-electron chi connectivity index (χ2n) is 6.52. The summed E-state index contributed by atoms with van der Waals surface area (Å²) in [6.45, 7) is 4.22. The Balaban J connectivity index is 1.85. The van der Waals surface area contributed by atoms with Gasteiger partial charge in [-0.15, -0.1) is 0 Å². The summed E-state index contributed by atoms with van der Waals surface area (Å²) in [5.41, 5.74) is 1.71. The quantitative estimate of drug-likeness (QED) is 0.787. The number of morpholine rings is 1. The van der Waals surface area contributed by atoms with Gasteiger partial charge in [-0.25, -0.2) is 4.98 Å². The van der Waals surface area contributed by atoms with Crippen LogP contribution in [0.2, 0.25) is 5.02 Å². The summed E-state index contributed by atoms with van der Waals surface area (Å²) in [5.74, 6) is 0.109. The van der Waals surface area contributed by atoms with Crippen LogP contribution >= 0.6 is 11.6 Å². The zero-order chi connectivity index (χ0) is 20.1. The number of halogens is 1. The number of aryl methyl sites for hydroxylation is 1. The maximum Gasteiger partial charge on any atom is 0.255 e. The Morgan fingerprint density at radius 2 is 2.07 bits per heavy atom. The molecule has 9 heteroatoms. The van der Waals surface area contributed by atoms with Crippen molar-refractivity contribution in [2.75, 3.05) is 43.6 Å². The van der Waals surface area contributed by atoms with Crippen LogP contribution in [0.4, 0.5) is 11.6 Å². The fourth-order valence-electron chi connectivity index (χ4n) is 2.93. The predicted octanol–water partition coefficient (Wildman–Crippen LogP) is 1.83. The highest BCUT2D eigenvalue weighted by Gasteiger charge is 2.20. The largest absolute Gasteiger partial charge is 0.378 e. The standard InChI is InChI=1S/C19H23ClN4O4/c1-13-3-4-14(9-16(13)20)21-17(25)11-24-18(26)10-15(12-27-2)22-19(24)23-5-7-28-8-6-23/h3-4,9-10H,5-8,11-12H2,1-2H3,(H,21,25). The van der Waals surface area contributed by atoms with Gasteiger partial charge in [0, 0.05) is 37.0 Å². The highest BCUT2D eigenvalue weighted by Crippen LogP contribution is 2.20. The van der Waals surface area contributed by atoms with Crippen LogP contribution in [0.25, 0.3) is 0 Å². The number of methoxy groups -OCH3 is 1. The maximum atomic E-state index is 12.7. The van der Waals surface area contributed by atoms with Crippen molar-refractivity contribution in [2.45, 2.75) is 20.1 Å².